The highest BCUT2D eigenvalue weighted by molar-refractivity contribution is 7.98. The van der Waals surface area contributed by atoms with Crippen LogP contribution in [0.15, 0.2) is 9.95 Å². The first-order chi connectivity index (χ1) is 8.26. The Balaban J connectivity index is 2.41. The first-order valence-corrected chi connectivity index (χ1v) is 7.89. The lowest BCUT2D eigenvalue weighted by atomic mass is 10.2. The maximum absolute atomic E-state index is 12.3. The number of rotatable bonds is 2. The van der Waals surface area contributed by atoms with E-state index in [2.05, 4.69) is 16.5 Å². The third-order valence-corrected chi connectivity index (χ3v) is 5.24. The van der Waals surface area contributed by atoms with Gasteiger partial charge in [0.2, 0.25) is 5.43 Å². The van der Waals surface area contributed by atoms with Crippen LogP contribution in [0.25, 0.3) is 10.3 Å². The van der Waals surface area contributed by atoms with Gasteiger partial charge in [-0.3, -0.25) is 4.79 Å². The molecule has 0 saturated carbocycles. The molecule has 0 amide bonds. The van der Waals surface area contributed by atoms with Crippen LogP contribution in [0.3, 0.4) is 0 Å². The van der Waals surface area contributed by atoms with Crippen molar-refractivity contribution in [2.45, 2.75) is 37.9 Å². The highest BCUT2D eigenvalue weighted by Crippen LogP contribution is 2.30. The Kier molecular flexibility index (Phi) is 2.75. The molecule has 3 rings (SSSR count). The minimum Gasteiger partial charge on any atom is -0.311 e. The average molecular weight is 266 g/mol. The van der Waals surface area contributed by atoms with Crippen molar-refractivity contribution in [2.75, 3.05) is 6.26 Å². The van der Waals surface area contributed by atoms with E-state index in [1.165, 1.54) is 4.88 Å². The first kappa shape index (κ1) is 11.3. The van der Waals surface area contributed by atoms with E-state index < -0.39 is 0 Å². The highest BCUT2D eigenvalue weighted by atomic mass is 32.2. The van der Waals surface area contributed by atoms with Gasteiger partial charge in [0.25, 0.3) is 0 Å². The molecule has 0 aromatic carbocycles. The summed E-state index contributed by atoms with van der Waals surface area (Å²) in [5.74, 6) is 0. The predicted octanol–water partition coefficient (Wildman–Crippen LogP) is 2.69. The van der Waals surface area contributed by atoms with E-state index in [0.717, 1.165) is 41.4 Å². The van der Waals surface area contributed by atoms with Crippen LogP contribution in [0, 0.1) is 0 Å². The number of aromatic nitrogens is 2. The van der Waals surface area contributed by atoms with Crippen molar-refractivity contribution in [3.63, 3.8) is 0 Å². The Morgan fingerprint density at radius 2 is 2.29 bits per heavy atom. The summed E-state index contributed by atoms with van der Waals surface area (Å²) in [6.45, 7) is 2.98. The minimum absolute atomic E-state index is 0.175. The van der Waals surface area contributed by atoms with Crippen LogP contribution in [0.5, 0.6) is 0 Å². The summed E-state index contributed by atoms with van der Waals surface area (Å²) in [7, 11) is 0. The lowest BCUT2D eigenvalue weighted by Crippen LogP contribution is -2.07. The van der Waals surface area contributed by atoms with E-state index in [1.807, 2.05) is 6.26 Å². The number of thioether (sulfide) groups is 1. The molecular formula is C12H14N2OS2. The molecule has 0 aliphatic heterocycles. The Bertz CT molecular complexity index is 642. The van der Waals surface area contributed by atoms with Crippen molar-refractivity contribution in [3.05, 3.63) is 20.7 Å². The highest BCUT2D eigenvalue weighted by Gasteiger charge is 2.21. The molecular weight excluding hydrogens is 252 g/mol. The predicted molar refractivity (Wildman–Crippen MR) is 73.4 cm³/mol. The molecule has 0 spiro atoms. The fourth-order valence-electron chi connectivity index (χ4n) is 2.43. The van der Waals surface area contributed by atoms with Crippen molar-refractivity contribution < 1.29 is 0 Å². The molecule has 0 atom stereocenters. The Hall–Kier alpha value is -0.810. The molecule has 1 aliphatic carbocycles. The zero-order valence-corrected chi connectivity index (χ0v) is 11.6. The Labute approximate surface area is 108 Å². The van der Waals surface area contributed by atoms with E-state index in [4.69, 9.17) is 0 Å². The molecule has 0 bridgehead atoms. The summed E-state index contributed by atoms with van der Waals surface area (Å²) < 4.78 is 2.16. The molecule has 2 aromatic rings. The van der Waals surface area contributed by atoms with Gasteiger partial charge < -0.3 is 4.57 Å². The lowest BCUT2D eigenvalue weighted by molar-refractivity contribution is 0.707. The summed E-state index contributed by atoms with van der Waals surface area (Å²) in [5, 5.41) is 0.958. The average Bonchev–Trinajstić information content (AvgIpc) is 2.92. The van der Waals surface area contributed by atoms with Gasteiger partial charge in [-0.05, 0) is 32.4 Å². The molecule has 0 N–H and O–H groups in total. The third-order valence-electron chi connectivity index (χ3n) is 3.26. The molecule has 2 aromatic heterocycles. The Morgan fingerprint density at radius 3 is 3.00 bits per heavy atom. The van der Waals surface area contributed by atoms with Gasteiger partial charge >= 0.3 is 0 Å². The quantitative estimate of drug-likeness (QED) is 0.784. The summed E-state index contributed by atoms with van der Waals surface area (Å²) in [6.07, 6.45) is 5.13. The molecule has 17 heavy (non-hydrogen) atoms. The van der Waals surface area contributed by atoms with Crippen molar-refractivity contribution in [1.82, 2.24) is 9.55 Å². The van der Waals surface area contributed by atoms with Gasteiger partial charge in [-0.1, -0.05) is 11.8 Å². The molecule has 0 radical (unpaired) electrons. The number of fused-ring (bicyclic) bond motifs is 2. The molecule has 0 unspecified atom stereocenters. The van der Waals surface area contributed by atoms with Crippen molar-refractivity contribution in [2.24, 2.45) is 0 Å². The normalized spacial score (nSPS) is 14.5. The summed E-state index contributed by atoms with van der Waals surface area (Å²) in [4.78, 5) is 19.2. The van der Waals surface area contributed by atoms with Gasteiger partial charge in [0, 0.05) is 17.0 Å². The van der Waals surface area contributed by atoms with Crippen LogP contribution in [0.2, 0.25) is 0 Å². The van der Waals surface area contributed by atoms with Crippen LogP contribution >= 0.6 is 23.1 Å². The first-order valence-electron chi connectivity index (χ1n) is 5.85. The van der Waals surface area contributed by atoms with E-state index in [9.17, 15) is 4.79 Å². The smallest absolute Gasteiger partial charge is 0.211 e. The number of hydrogen-bond acceptors (Lipinski definition) is 4. The molecule has 5 heteroatoms. The molecule has 1 aliphatic rings. The second-order valence-corrected chi connectivity index (χ2v) is 6.04. The van der Waals surface area contributed by atoms with Gasteiger partial charge in [-0.2, -0.15) is 0 Å². The molecule has 0 fully saturated rings. The molecule has 90 valence electrons. The van der Waals surface area contributed by atoms with Crippen molar-refractivity contribution in [3.8, 4) is 0 Å². The maximum atomic E-state index is 12.3. The van der Waals surface area contributed by atoms with Gasteiger partial charge in [0.05, 0.1) is 0 Å². The third kappa shape index (κ3) is 1.56. The largest absolute Gasteiger partial charge is 0.311 e. The zero-order chi connectivity index (χ0) is 12.0. The van der Waals surface area contributed by atoms with Crippen LogP contribution in [-0.2, 0) is 19.4 Å². The van der Waals surface area contributed by atoms with E-state index in [0.29, 0.717) is 5.52 Å². The number of imidazole rings is 1. The van der Waals surface area contributed by atoms with E-state index in [1.54, 1.807) is 23.1 Å². The van der Waals surface area contributed by atoms with Crippen molar-refractivity contribution in [1.29, 1.82) is 0 Å². The minimum atomic E-state index is 0.175. The van der Waals surface area contributed by atoms with Gasteiger partial charge in [-0.25, -0.2) is 4.98 Å². The number of hydrogen-bond donors (Lipinski definition) is 0. The van der Waals surface area contributed by atoms with E-state index in [-0.39, 0.29) is 5.43 Å². The van der Waals surface area contributed by atoms with Crippen LogP contribution in [-0.4, -0.2) is 15.8 Å². The van der Waals surface area contributed by atoms with Gasteiger partial charge in [-0.15, -0.1) is 11.3 Å². The Morgan fingerprint density at radius 1 is 1.47 bits per heavy atom. The second kappa shape index (κ2) is 4.14. The SMILES string of the molecule is CCn1c(SC)nc2c(=O)c3c(sc21)CCC3. The van der Waals surface area contributed by atoms with Crippen LogP contribution < -0.4 is 5.43 Å². The fraction of sp³-hybridized carbons (Fsp3) is 0.500. The monoisotopic (exact) mass is 266 g/mol. The summed E-state index contributed by atoms with van der Waals surface area (Å²) in [5.41, 5.74) is 1.88. The number of aryl methyl sites for hydroxylation is 2. The fourth-order valence-corrected chi connectivity index (χ4v) is 4.47. The standard InChI is InChI=1S/C12H14N2OS2/c1-3-14-11-9(13-12(14)16-2)10(15)7-5-4-6-8(7)17-11/h3-6H2,1-2H3. The maximum Gasteiger partial charge on any atom is 0.211 e. The van der Waals surface area contributed by atoms with Crippen LogP contribution in [0.1, 0.15) is 23.8 Å². The van der Waals surface area contributed by atoms with Crippen LogP contribution in [0.4, 0.5) is 0 Å². The van der Waals surface area contributed by atoms with E-state index >= 15 is 0 Å². The second-order valence-electron chi connectivity index (χ2n) is 4.18. The van der Waals surface area contributed by atoms with Gasteiger partial charge in [0.15, 0.2) is 5.16 Å². The molecule has 3 nitrogen and oxygen atoms in total. The van der Waals surface area contributed by atoms with Gasteiger partial charge in [0.1, 0.15) is 10.3 Å². The number of nitrogens with zero attached hydrogens (tertiary/aromatic N) is 2. The zero-order valence-electron chi connectivity index (χ0n) is 9.95. The summed E-state index contributed by atoms with van der Waals surface area (Å²) >= 11 is 3.38. The summed E-state index contributed by atoms with van der Waals surface area (Å²) in [6, 6.07) is 0. The topological polar surface area (TPSA) is 34.9 Å². The van der Waals surface area contributed by atoms with Crippen molar-refractivity contribution >= 4 is 33.4 Å². The molecule has 0 saturated heterocycles. The lowest BCUT2D eigenvalue weighted by Gasteiger charge is -2.03. The molecule has 2 heterocycles.